The predicted molar refractivity (Wildman–Crippen MR) is 104 cm³/mol. The summed E-state index contributed by atoms with van der Waals surface area (Å²) in [6.07, 6.45) is 6.93. The molecule has 2 bridgehead atoms. The third kappa shape index (κ3) is 3.30. The maximum Gasteiger partial charge on any atom is 0.161 e. The molecule has 2 fully saturated rings. The Bertz CT molecular complexity index is 766. The molecule has 0 spiro atoms. The van der Waals surface area contributed by atoms with Crippen molar-refractivity contribution < 1.29 is 14.6 Å². The molecule has 2 atom stereocenters. The quantitative estimate of drug-likeness (QED) is 0.878. The van der Waals surface area contributed by atoms with Crippen molar-refractivity contribution in [2.45, 2.75) is 31.4 Å². The van der Waals surface area contributed by atoms with Crippen molar-refractivity contribution >= 4 is 0 Å². The highest BCUT2D eigenvalue weighted by atomic mass is 16.5. The molecule has 1 aliphatic carbocycles. The molecule has 2 aromatic rings. The molecule has 27 heavy (non-hydrogen) atoms. The monoisotopic (exact) mass is 368 g/mol. The van der Waals surface area contributed by atoms with Crippen LogP contribution in [0.4, 0.5) is 0 Å². The average Bonchev–Trinajstić information content (AvgIpc) is 2.69. The predicted octanol–water partition coefficient (Wildman–Crippen LogP) is 3.22. The van der Waals surface area contributed by atoms with E-state index in [2.05, 4.69) is 22.0 Å². The van der Waals surface area contributed by atoms with E-state index in [0.29, 0.717) is 0 Å². The van der Waals surface area contributed by atoms with Gasteiger partial charge in [-0.05, 0) is 36.6 Å². The van der Waals surface area contributed by atoms with Gasteiger partial charge in [-0.25, -0.2) is 0 Å². The molecule has 1 aliphatic heterocycles. The first-order chi connectivity index (χ1) is 13.1. The number of ether oxygens (including phenoxy) is 2. The van der Waals surface area contributed by atoms with Crippen LogP contribution in [0.2, 0.25) is 0 Å². The summed E-state index contributed by atoms with van der Waals surface area (Å²) in [6, 6.07) is 10.1. The molecule has 0 amide bonds. The van der Waals surface area contributed by atoms with Gasteiger partial charge in [-0.3, -0.25) is 9.88 Å². The number of methoxy groups -OCH3 is 2. The summed E-state index contributed by atoms with van der Waals surface area (Å²) in [7, 11) is 3.32. The van der Waals surface area contributed by atoms with Crippen LogP contribution in [-0.4, -0.2) is 42.3 Å². The lowest BCUT2D eigenvalue weighted by Crippen LogP contribution is -2.57. The van der Waals surface area contributed by atoms with Gasteiger partial charge in [0.2, 0.25) is 0 Å². The van der Waals surface area contributed by atoms with Gasteiger partial charge in [0.05, 0.1) is 19.8 Å². The number of hydrogen-bond donors (Lipinski definition) is 1. The van der Waals surface area contributed by atoms with E-state index >= 15 is 0 Å². The minimum absolute atomic E-state index is 0.245. The van der Waals surface area contributed by atoms with Crippen molar-refractivity contribution in [2.24, 2.45) is 11.8 Å². The molecule has 5 heteroatoms. The van der Waals surface area contributed by atoms with Crippen molar-refractivity contribution in [3.8, 4) is 11.5 Å². The summed E-state index contributed by atoms with van der Waals surface area (Å²) >= 11 is 0. The Morgan fingerprint density at radius 1 is 1.11 bits per heavy atom. The van der Waals surface area contributed by atoms with E-state index in [4.69, 9.17) is 9.47 Å². The number of pyridine rings is 1. The zero-order valence-electron chi connectivity index (χ0n) is 16.1. The van der Waals surface area contributed by atoms with Crippen LogP contribution in [0.5, 0.6) is 11.5 Å². The number of likely N-dealkylation sites (tertiary alicyclic amines) is 1. The first-order valence-corrected chi connectivity index (χ1v) is 9.71. The summed E-state index contributed by atoms with van der Waals surface area (Å²) in [4.78, 5) is 6.73. The first-order valence-electron chi connectivity index (χ1n) is 9.71. The second-order valence-electron chi connectivity index (χ2n) is 7.78. The number of aromatic nitrogens is 1. The number of nitrogens with zero attached hydrogens (tertiary/aromatic N) is 2. The fraction of sp³-hybridized carbons (Fsp3) is 0.500. The van der Waals surface area contributed by atoms with Crippen molar-refractivity contribution in [3.63, 3.8) is 0 Å². The topological polar surface area (TPSA) is 54.8 Å². The molecule has 0 unspecified atom stereocenters. The molecule has 5 nitrogen and oxygen atoms in total. The zero-order chi connectivity index (χ0) is 18.9. The van der Waals surface area contributed by atoms with E-state index in [1.165, 1.54) is 12.0 Å². The Morgan fingerprint density at radius 2 is 1.85 bits per heavy atom. The van der Waals surface area contributed by atoms with Crippen LogP contribution in [0.1, 0.15) is 30.4 Å². The van der Waals surface area contributed by atoms with Gasteiger partial charge in [0.25, 0.3) is 0 Å². The van der Waals surface area contributed by atoms with Gasteiger partial charge in [-0.15, -0.1) is 0 Å². The largest absolute Gasteiger partial charge is 0.493 e. The second kappa shape index (κ2) is 7.49. The second-order valence-corrected chi connectivity index (χ2v) is 7.78. The van der Waals surface area contributed by atoms with E-state index < -0.39 is 5.60 Å². The average molecular weight is 368 g/mol. The lowest BCUT2D eigenvalue weighted by molar-refractivity contribution is -0.148. The van der Waals surface area contributed by atoms with Crippen LogP contribution in [0.15, 0.2) is 42.7 Å². The minimum Gasteiger partial charge on any atom is -0.493 e. The summed E-state index contributed by atoms with van der Waals surface area (Å²) in [5.41, 5.74) is 1.43. The zero-order valence-corrected chi connectivity index (χ0v) is 16.1. The van der Waals surface area contributed by atoms with Crippen molar-refractivity contribution in [1.82, 2.24) is 9.88 Å². The van der Waals surface area contributed by atoms with Gasteiger partial charge in [0.1, 0.15) is 0 Å². The van der Waals surface area contributed by atoms with Crippen molar-refractivity contribution in [2.75, 3.05) is 27.3 Å². The van der Waals surface area contributed by atoms with E-state index in [0.717, 1.165) is 49.5 Å². The SMILES string of the molecule is COc1ccc(CN2C[C@@H]3CCC[C@@H](C2)C3(O)c2cccnc2)cc1OC. The Kier molecular flexibility index (Phi) is 5.06. The Balaban J connectivity index is 1.54. The van der Waals surface area contributed by atoms with Gasteiger partial charge in [0.15, 0.2) is 11.5 Å². The lowest BCUT2D eigenvalue weighted by Gasteiger charge is -2.53. The van der Waals surface area contributed by atoms with Gasteiger partial charge < -0.3 is 14.6 Å². The molecule has 1 saturated carbocycles. The van der Waals surface area contributed by atoms with Crippen LogP contribution in [0.25, 0.3) is 0 Å². The molecular formula is C22H28N2O3. The smallest absolute Gasteiger partial charge is 0.161 e. The minimum atomic E-state index is -0.749. The van der Waals surface area contributed by atoms with Crippen molar-refractivity contribution in [3.05, 3.63) is 53.9 Å². The van der Waals surface area contributed by atoms with Crippen LogP contribution in [-0.2, 0) is 12.1 Å². The molecule has 2 heterocycles. The molecule has 2 aliphatic rings. The third-order valence-corrected chi connectivity index (χ3v) is 6.29. The van der Waals surface area contributed by atoms with Gasteiger partial charge in [-0.2, -0.15) is 0 Å². The van der Waals surface area contributed by atoms with Crippen LogP contribution >= 0.6 is 0 Å². The van der Waals surface area contributed by atoms with E-state index in [9.17, 15) is 5.11 Å². The Hall–Kier alpha value is -2.11. The fourth-order valence-electron chi connectivity index (χ4n) is 4.98. The fourth-order valence-corrected chi connectivity index (χ4v) is 4.98. The molecule has 1 saturated heterocycles. The number of aliphatic hydroxyl groups is 1. The molecule has 144 valence electrons. The summed E-state index contributed by atoms with van der Waals surface area (Å²) < 4.78 is 10.8. The molecule has 1 aromatic carbocycles. The summed E-state index contributed by atoms with van der Waals surface area (Å²) in [5, 5.41) is 11.7. The van der Waals surface area contributed by atoms with E-state index in [-0.39, 0.29) is 11.8 Å². The van der Waals surface area contributed by atoms with Crippen molar-refractivity contribution in [1.29, 1.82) is 0 Å². The molecular weight excluding hydrogens is 340 g/mol. The van der Waals surface area contributed by atoms with Crippen LogP contribution in [0.3, 0.4) is 0 Å². The highest BCUT2D eigenvalue weighted by Crippen LogP contribution is 2.49. The molecule has 1 N–H and O–H groups in total. The standard InChI is InChI=1S/C22H28N2O3/c1-26-20-9-8-16(11-21(20)27-2)13-24-14-18-5-3-6-19(15-24)22(18,25)17-7-4-10-23-12-17/h4,7-12,18-19,25H,3,5-6,13-15H2,1-2H3/t18-,19-/m0/s1. The van der Waals surface area contributed by atoms with E-state index in [1.54, 1.807) is 20.4 Å². The highest BCUT2D eigenvalue weighted by molar-refractivity contribution is 5.42. The van der Waals surface area contributed by atoms with Gasteiger partial charge >= 0.3 is 0 Å². The third-order valence-electron chi connectivity index (χ3n) is 6.29. The van der Waals surface area contributed by atoms with Gasteiger partial charge in [-0.1, -0.05) is 18.6 Å². The Labute approximate surface area is 160 Å². The van der Waals surface area contributed by atoms with Crippen LogP contribution < -0.4 is 9.47 Å². The number of piperidine rings is 1. The Morgan fingerprint density at radius 3 is 2.48 bits per heavy atom. The van der Waals surface area contributed by atoms with E-state index in [1.807, 2.05) is 24.4 Å². The first kappa shape index (κ1) is 18.3. The summed E-state index contributed by atoms with van der Waals surface area (Å²) in [6.45, 7) is 2.66. The summed E-state index contributed by atoms with van der Waals surface area (Å²) in [5.74, 6) is 2.01. The number of benzene rings is 1. The highest BCUT2D eigenvalue weighted by Gasteiger charge is 2.51. The maximum atomic E-state index is 11.7. The maximum absolute atomic E-state index is 11.7. The van der Waals surface area contributed by atoms with Gasteiger partial charge in [0, 0.05) is 49.4 Å². The normalized spacial score (nSPS) is 28.0. The molecule has 0 radical (unpaired) electrons. The molecule has 4 rings (SSSR count). The number of fused-ring (bicyclic) bond motifs is 2. The molecule has 1 aromatic heterocycles. The number of rotatable bonds is 5. The number of hydrogen-bond acceptors (Lipinski definition) is 5. The lowest BCUT2D eigenvalue weighted by atomic mass is 9.63. The van der Waals surface area contributed by atoms with Crippen LogP contribution in [0, 0.1) is 11.8 Å².